The molecule has 0 spiro atoms. The van der Waals surface area contributed by atoms with Crippen LogP contribution in [0.1, 0.15) is 68.3 Å². The summed E-state index contributed by atoms with van der Waals surface area (Å²) < 4.78 is 10.8. The number of carbonyl (C=O) groups is 2. The van der Waals surface area contributed by atoms with Crippen LogP contribution in [0.2, 0.25) is 0 Å². The van der Waals surface area contributed by atoms with E-state index < -0.39 is 5.97 Å². The number of esters is 1. The number of benzene rings is 1. The summed E-state index contributed by atoms with van der Waals surface area (Å²) in [6, 6.07) is 9.86. The minimum Gasteiger partial charge on any atom is -0.494 e. The molecule has 0 unspecified atom stereocenters. The summed E-state index contributed by atoms with van der Waals surface area (Å²) in [6.07, 6.45) is 1.71. The van der Waals surface area contributed by atoms with Crippen LogP contribution in [0.3, 0.4) is 0 Å². The Kier molecular flexibility index (Phi) is 8.26. The Morgan fingerprint density at radius 2 is 1.79 bits per heavy atom. The Morgan fingerprint density at radius 3 is 2.38 bits per heavy atom. The first kappa shape index (κ1) is 22.9. The first-order valence-corrected chi connectivity index (χ1v) is 10.9. The summed E-state index contributed by atoms with van der Waals surface area (Å²) in [4.78, 5) is 25.4. The monoisotopic (exact) mass is 417 g/mol. The molecular formula is C23H31NO4S. The van der Waals surface area contributed by atoms with Gasteiger partial charge in [-0.1, -0.05) is 39.8 Å². The van der Waals surface area contributed by atoms with Gasteiger partial charge in [-0.3, -0.25) is 4.79 Å². The molecule has 0 saturated carbocycles. The van der Waals surface area contributed by atoms with Gasteiger partial charge >= 0.3 is 5.97 Å². The van der Waals surface area contributed by atoms with E-state index in [2.05, 4.69) is 38.2 Å². The van der Waals surface area contributed by atoms with Crippen molar-refractivity contribution in [2.24, 2.45) is 0 Å². The number of amides is 1. The third-order valence-electron chi connectivity index (χ3n) is 4.42. The first-order chi connectivity index (χ1) is 13.7. The highest BCUT2D eigenvalue weighted by Gasteiger charge is 2.18. The van der Waals surface area contributed by atoms with E-state index in [0.717, 1.165) is 17.0 Å². The molecule has 1 N–H and O–H groups in total. The third-order valence-corrected chi connectivity index (χ3v) is 5.61. The van der Waals surface area contributed by atoms with Crippen LogP contribution in [-0.4, -0.2) is 25.1 Å². The highest BCUT2D eigenvalue weighted by Crippen LogP contribution is 2.29. The van der Waals surface area contributed by atoms with Crippen LogP contribution in [0.5, 0.6) is 5.75 Å². The molecule has 1 aromatic carbocycles. The van der Waals surface area contributed by atoms with Crippen molar-refractivity contribution >= 4 is 28.2 Å². The van der Waals surface area contributed by atoms with Gasteiger partial charge in [0.2, 0.25) is 5.91 Å². The fourth-order valence-electron chi connectivity index (χ4n) is 2.73. The number of ether oxygens (including phenoxy) is 2. The lowest BCUT2D eigenvalue weighted by Gasteiger charge is -2.19. The zero-order valence-corrected chi connectivity index (χ0v) is 18.8. The topological polar surface area (TPSA) is 64.6 Å². The second-order valence-corrected chi connectivity index (χ2v) is 8.94. The van der Waals surface area contributed by atoms with Gasteiger partial charge in [0.05, 0.1) is 18.8 Å². The van der Waals surface area contributed by atoms with Crippen LogP contribution < -0.4 is 10.1 Å². The lowest BCUT2D eigenvalue weighted by Crippen LogP contribution is -2.15. The van der Waals surface area contributed by atoms with Crippen molar-refractivity contribution in [1.29, 1.82) is 0 Å². The van der Waals surface area contributed by atoms with Crippen molar-refractivity contribution in [1.82, 2.24) is 0 Å². The molecule has 1 heterocycles. The zero-order valence-electron chi connectivity index (χ0n) is 18.0. The molecule has 0 atom stereocenters. The van der Waals surface area contributed by atoms with Crippen molar-refractivity contribution < 1.29 is 19.1 Å². The summed E-state index contributed by atoms with van der Waals surface area (Å²) in [5.74, 6) is 0.265. The van der Waals surface area contributed by atoms with Crippen molar-refractivity contribution in [3.63, 3.8) is 0 Å². The Bertz CT molecular complexity index is 818. The predicted molar refractivity (Wildman–Crippen MR) is 118 cm³/mol. The largest absolute Gasteiger partial charge is 0.494 e. The zero-order chi connectivity index (χ0) is 21.4. The van der Waals surface area contributed by atoms with Gasteiger partial charge in [-0.2, -0.15) is 0 Å². The SMILES string of the molecule is CCOC(=O)c1cc(CC)sc1NC(=O)CCCOc1ccc(C(C)(C)C)cc1. The maximum absolute atomic E-state index is 12.3. The minimum atomic E-state index is -0.402. The Labute approximate surface area is 177 Å². The molecule has 1 aromatic heterocycles. The van der Waals surface area contributed by atoms with E-state index in [-0.39, 0.29) is 11.3 Å². The molecule has 0 radical (unpaired) electrons. The second-order valence-electron chi connectivity index (χ2n) is 7.80. The predicted octanol–water partition coefficient (Wildman–Crippen LogP) is 5.58. The van der Waals surface area contributed by atoms with Crippen molar-refractivity contribution in [2.75, 3.05) is 18.5 Å². The quantitative estimate of drug-likeness (QED) is 0.427. The summed E-state index contributed by atoms with van der Waals surface area (Å²) >= 11 is 1.42. The number of thiophene rings is 1. The Balaban J connectivity index is 1.83. The highest BCUT2D eigenvalue weighted by atomic mass is 32.1. The average Bonchev–Trinajstić information content (AvgIpc) is 3.08. The number of aryl methyl sites for hydroxylation is 1. The van der Waals surface area contributed by atoms with E-state index in [0.29, 0.717) is 36.6 Å². The third kappa shape index (κ3) is 6.89. The van der Waals surface area contributed by atoms with Crippen LogP contribution in [0.25, 0.3) is 0 Å². The summed E-state index contributed by atoms with van der Waals surface area (Å²) in [6.45, 7) is 11.1. The fraction of sp³-hybridized carbons (Fsp3) is 0.478. The number of nitrogens with one attached hydrogen (secondary N) is 1. The van der Waals surface area contributed by atoms with Crippen LogP contribution in [0, 0.1) is 0 Å². The molecule has 0 aliphatic carbocycles. The fourth-order valence-corrected chi connectivity index (χ4v) is 3.73. The molecular weight excluding hydrogens is 386 g/mol. The number of anilines is 1. The van der Waals surface area contributed by atoms with Gasteiger partial charge < -0.3 is 14.8 Å². The molecule has 2 rings (SSSR count). The van der Waals surface area contributed by atoms with Gasteiger partial charge in [-0.05, 0) is 48.9 Å². The summed E-state index contributed by atoms with van der Waals surface area (Å²) in [5.41, 5.74) is 1.79. The lowest BCUT2D eigenvalue weighted by atomic mass is 9.87. The minimum absolute atomic E-state index is 0.110. The number of carbonyl (C=O) groups excluding carboxylic acids is 2. The number of rotatable bonds is 9. The van der Waals surface area contributed by atoms with Gasteiger partial charge in [0, 0.05) is 11.3 Å². The first-order valence-electron chi connectivity index (χ1n) is 10.1. The van der Waals surface area contributed by atoms with Gasteiger partial charge in [-0.25, -0.2) is 4.79 Å². The van der Waals surface area contributed by atoms with E-state index in [1.54, 1.807) is 13.0 Å². The number of hydrogen-bond acceptors (Lipinski definition) is 5. The van der Waals surface area contributed by atoms with Crippen LogP contribution in [0.15, 0.2) is 30.3 Å². The van der Waals surface area contributed by atoms with E-state index in [4.69, 9.17) is 9.47 Å². The van der Waals surface area contributed by atoms with E-state index >= 15 is 0 Å². The maximum atomic E-state index is 12.3. The van der Waals surface area contributed by atoms with Gasteiger partial charge in [0.1, 0.15) is 10.8 Å². The van der Waals surface area contributed by atoms with Gasteiger partial charge in [-0.15, -0.1) is 11.3 Å². The van der Waals surface area contributed by atoms with Crippen molar-refractivity contribution in [2.45, 2.75) is 59.3 Å². The smallest absolute Gasteiger partial charge is 0.341 e. The molecule has 0 bridgehead atoms. The summed E-state index contributed by atoms with van der Waals surface area (Å²) in [5, 5.41) is 3.41. The average molecular weight is 418 g/mol. The van der Waals surface area contributed by atoms with Crippen LogP contribution in [-0.2, 0) is 21.4 Å². The standard InChI is InChI=1S/C23H31NO4S/c1-6-18-15-19(22(26)27-7-2)21(29-18)24-20(25)9-8-14-28-17-12-10-16(11-13-17)23(3,4)5/h10-13,15H,6-9,14H2,1-5H3,(H,24,25). The molecule has 0 aliphatic rings. The summed E-state index contributed by atoms with van der Waals surface area (Å²) in [7, 11) is 0. The van der Waals surface area contributed by atoms with E-state index in [9.17, 15) is 9.59 Å². The van der Waals surface area contributed by atoms with Crippen LogP contribution >= 0.6 is 11.3 Å². The van der Waals surface area contributed by atoms with E-state index in [1.165, 1.54) is 16.9 Å². The Morgan fingerprint density at radius 1 is 1.10 bits per heavy atom. The molecule has 6 heteroatoms. The van der Waals surface area contributed by atoms with E-state index in [1.807, 2.05) is 19.1 Å². The van der Waals surface area contributed by atoms with Gasteiger partial charge in [0.25, 0.3) is 0 Å². The molecule has 0 fully saturated rings. The molecule has 158 valence electrons. The Hall–Kier alpha value is -2.34. The second kappa shape index (κ2) is 10.4. The molecule has 2 aromatic rings. The maximum Gasteiger partial charge on any atom is 0.341 e. The molecule has 0 saturated heterocycles. The molecule has 0 aliphatic heterocycles. The normalized spacial score (nSPS) is 11.2. The molecule has 5 nitrogen and oxygen atoms in total. The van der Waals surface area contributed by atoms with Gasteiger partial charge in [0.15, 0.2) is 0 Å². The van der Waals surface area contributed by atoms with Crippen molar-refractivity contribution in [3.05, 3.63) is 46.3 Å². The lowest BCUT2D eigenvalue weighted by molar-refractivity contribution is -0.116. The highest BCUT2D eigenvalue weighted by molar-refractivity contribution is 7.16. The molecule has 29 heavy (non-hydrogen) atoms. The molecule has 1 amide bonds. The number of hydrogen-bond donors (Lipinski definition) is 1. The van der Waals surface area contributed by atoms with Crippen molar-refractivity contribution in [3.8, 4) is 5.75 Å². The van der Waals surface area contributed by atoms with Crippen LogP contribution in [0.4, 0.5) is 5.00 Å².